The molecule has 4 nitrogen and oxygen atoms in total. The number of nitrogens with two attached hydrogens (primary N) is 1. The van der Waals surface area contributed by atoms with Gasteiger partial charge < -0.3 is 5.73 Å². The minimum Gasteiger partial charge on any atom is -0.325 e. The minimum atomic E-state index is -4.59. The highest BCUT2D eigenvalue weighted by Crippen LogP contribution is 2.48. The fourth-order valence-corrected chi connectivity index (χ4v) is 7.18. The van der Waals surface area contributed by atoms with Crippen LogP contribution in [0.3, 0.4) is 0 Å². The summed E-state index contributed by atoms with van der Waals surface area (Å²) >= 11 is 0. The molecule has 0 saturated heterocycles. The van der Waals surface area contributed by atoms with Gasteiger partial charge in [-0.3, -0.25) is 4.79 Å². The van der Waals surface area contributed by atoms with Gasteiger partial charge in [-0.1, -0.05) is 31.7 Å². The molecule has 0 unspecified atom stereocenters. The van der Waals surface area contributed by atoms with E-state index in [-0.39, 0.29) is 22.1 Å². The highest BCUT2D eigenvalue weighted by Gasteiger charge is 2.48. The predicted molar refractivity (Wildman–Crippen MR) is 122 cm³/mol. The Bertz CT molecular complexity index is 944. The van der Waals surface area contributed by atoms with Crippen LogP contribution < -0.4 is 5.73 Å². The number of halogens is 3. The number of ketones is 1. The van der Waals surface area contributed by atoms with Crippen molar-refractivity contribution < 1.29 is 26.4 Å². The van der Waals surface area contributed by atoms with Gasteiger partial charge in [0.25, 0.3) is 0 Å². The second-order valence-corrected chi connectivity index (χ2v) is 13.2. The summed E-state index contributed by atoms with van der Waals surface area (Å²) in [5.74, 6) is 0.440. The van der Waals surface area contributed by atoms with Crippen molar-refractivity contribution in [2.45, 2.75) is 106 Å². The van der Waals surface area contributed by atoms with Gasteiger partial charge in [0.2, 0.25) is 0 Å². The summed E-state index contributed by atoms with van der Waals surface area (Å²) in [6.07, 6.45) is 4.61. The fourth-order valence-electron chi connectivity index (χ4n) is 5.40. The van der Waals surface area contributed by atoms with E-state index in [0.29, 0.717) is 31.6 Å². The molecule has 0 heterocycles. The molecule has 2 fully saturated rings. The zero-order valence-corrected chi connectivity index (χ0v) is 20.4. The van der Waals surface area contributed by atoms with Crippen LogP contribution in [-0.4, -0.2) is 24.5 Å². The van der Waals surface area contributed by atoms with E-state index < -0.39 is 26.3 Å². The van der Waals surface area contributed by atoms with Crippen molar-refractivity contribution in [3.8, 4) is 0 Å². The van der Waals surface area contributed by atoms with E-state index in [1.54, 1.807) is 13.8 Å². The summed E-state index contributed by atoms with van der Waals surface area (Å²) in [7, 11) is -3.93. The van der Waals surface area contributed by atoms with Gasteiger partial charge >= 0.3 is 6.18 Å². The van der Waals surface area contributed by atoms with Crippen LogP contribution in [0.4, 0.5) is 13.2 Å². The van der Waals surface area contributed by atoms with Crippen LogP contribution in [0.2, 0.25) is 0 Å². The number of carbonyl (C=O) groups is 1. The lowest BCUT2D eigenvalue weighted by molar-refractivity contribution is -0.137. The Morgan fingerprint density at radius 1 is 1.12 bits per heavy atom. The second-order valence-electron chi connectivity index (χ2n) is 10.7. The molecule has 1 aromatic rings. The van der Waals surface area contributed by atoms with Gasteiger partial charge in [-0.2, -0.15) is 13.2 Å². The topological polar surface area (TPSA) is 77.2 Å². The molecule has 2 N–H and O–H groups in total. The Kier molecular flexibility index (Phi) is 7.69. The number of rotatable bonds is 9. The summed E-state index contributed by atoms with van der Waals surface area (Å²) in [6, 6.07) is 4.00. The van der Waals surface area contributed by atoms with E-state index >= 15 is 0 Å². The molecular formula is C25H36F3NO3S. The third-order valence-corrected chi connectivity index (χ3v) is 10.4. The van der Waals surface area contributed by atoms with E-state index in [4.69, 9.17) is 5.73 Å². The highest BCUT2D eigenvalue weighted by molar-refractivity contribution is 7.92. The molecule has 0 aliphatic heterocycles. The van der Waals surface area contributed by atoms with Crippen molar-refractivity contribution in [3.05, 3.63) is 29.8 Å². The Morgan fingerprint density at radius 3 is 2.36 bits per heavy atom. The van der Waals surface area contributed by atoms with Gasteiger partial charge in [-0.25, -0.2) is 8.42 Å². The fraction of sp³-hybridized carbons (Fsp3) is 0.720. The molecule has 2 aliphatic rings. The number of carbonyl (C=O) groups excluding carboxylic acids is 1. The first-order chi connectivity index (χ1) is 15.2. The van der Waals surface area contributed by atoms with E-state index in [1.807, 2.05) is 0 Å². The van der Waals surface area contributed by atoms with Crippen molar-refractivity contribution >= 4 is 15.6 Å². The molecule has 0 radical (unpaired) electrons. The normalized spacial score (nSPS) is 23.7. The summed E-state index contributed by atoms with van der Waals surface area (Å²) in [5.41, 5.74) is 5.09. The molecule has 33 heavy (non-hydrogen) atoms. The van der Waals surface area contributed by atoms with Crippen LogP contribution in [0, 0.1) is 11.8 Å². The van der Waals surface area contributed by atoms with Crippen LogP contribution in [0.5, 0.6) is 0 Å². The number of benzene rings is 1. The third-order valence-electron chi connectivity index (χ3n) is 7.85. The van der Waals surface area contributed by atoms with Crippen LogP contribution >= 0.6 is 0 Å². The second kappa shape index (κ2) is 9.68. The maximum atomic E-state index is 13.2. The first kappa shape index (κ1) is 26.2. The molecule has 2 saturated carbocycles. The van der Waals surface area contributed by atoms with E-state index in [1.165, 1.54) is 12.5 Å². The maximum Gasteiger partial charge on any atom is 0.416 e. The molecule has 186 valence electrons. The third kappa shape index (κ3) is 5.99. The van der Waals surface area contributed by atoms with Crippen molar-refractivity contribution in [2.24, 2.45) is 17.6 Å². The molecule has 0 aromatic heterocycles. The van der Waals surface area contributed by atoms with Crippen molar-refractivity contribution in [1.82, 2.24) is 0 Å². The molecule has 0 amide bonds. The lowest BCUT2D eigenvalue weighted by Crippen LogP contribution is -2.46. The number of alkyl halides is 3. The average molecular weight is 488 g/mol. The molecule has 0 bridgehead atoms. The van der Waals surface area contributed by atoms with Gasteiger partial charge in [-0.05, 0) is 76.0 Å². The Hall–Kier alpha value is -1.41. The first-order valence-electron chi connectivity index (χ1n) is 12.0. The Balaban J connectivity index is 1.50. The summed E-state index contributed by atoms with van der Waals surface area (Å²) < 4.78 is 64.3. The predicted octanol–water partition coefficient (Wildman–Crippen LogP) is 6.08. The maximum absolute atomic E-state index is 13.2. The summed E-state index contributed by atoms with van der Waals surface area (Å²) in [6.45, 7) is 3.22. The largest absolute Gasteiger partial charge is 0.416 e. The van der Waals surface area contributed by atoms with Gasteiger partial charge in [0, 0.05) is 18.4 Å². The zero-order chi connectivity index (χ0) is 24.5. The van der Waals surface area contributed by atoms with E-state index in [2.05, 4.69) is 0 Å². The van der Waals surface area contributed by atoms with Crippen LogP contribution in [0.1, 0.15) is 90.0 Å². The zero-order valence-electron chi connectivity index (χ0n) is 19.6. The first-order valence-corrected chi connectivity index (χ1v) is 13.5. The van der Waals surface area contributed by atoms with Gasteiger partial charge in [0.15, 0.2) is 9.84 Å². The SMILES string of the molecule is CC(C)(C1CC(CCCC(=O)CC2(N)CCCCC2)C1)S(=O)(=O)c1cccc(C(F)(F)F)c1. The van der Waals surface area contributed by atoms with Crippen LogP contribution in [0.25, 0.3) is 0 Å². The Labute approximate surface area is 195 Å². The standard InChI is InChI=1S/C25H36F3NO3S/c1-23(2,33(31,32)22-11-7-9-19(16-22)25(26,27)28)20-14-18(15-20)8-6-10-21(30)17-24(29)12-4-3-5-13-24/h7,9,11,16,18,20H,3-6,8,10,12-15,17,29H2,1-2H3. The number of Topliss-reactive ketones (excluding diaryl/α,β-unsaturated/α-hetero) is 1. The smallest absolute Gasteiger partial charge is 0.325 e. The van der Waals surface area contributed by atoms with E-state index in [0.717, 1.165) is 56.7 Å². The number of hydrogen-bond donors (Lipinski definition) is 1. The lowest BCUT2D eigenvalue weighted by Gasteiger charge is -2.45. The summed E-state index contributed by atoms with van der Waals surface area (Å²) in [4.78, 5) is 12.1. The highest BCUT2D eigenvalue weighted by atomic mass is 32.2. The van der Waals surface area contributed by atoms with Gasteiger partial charge in [-0.15, -0.1) is 0 Å². The lowest BCUT2D eigenvalue weighted by atomic mass is 9.67. The molecule has 8 heteroatoms. The molecule has 0 spiro atoms. The van der Waals surface area contributed by atoms with Crippen molar-refractivity contribution in [2.75, 3.05) is 0 Å². The van der Waals surface area contributed by atoms with E-state index in [9.17, 15) is 26.4 Å². The average Bonchev–Trinajstić information content (AvgIpc) is 2.69. The quantitative estimate of drug-likeness (QED) is 0.458. The summed E-state index contributed by atoms with van der Waals surface area (Å²) in [5, 5.41) is 0. The molecule has 1 aromatic carbocycles. The van der Waals surface area contributed by atoms with Crippen LogP contribution in [-0.2, 0) is 20.8 Å². The van der Waals surface area contributed by atoms with Gasteiger partial charge in [0.05, 0.1) is 15.2 Å². The molecule has 2 aliphatic carbocycles. The minimum absolute atomic E-state index is 0.118. The molecular weight excluding hydrogens is 451 g/mol. The number of hydrogen-bond acceptors (Lipinski definition) is 4. The van der Waals surface area contributed by atoms with Gasteiger partial charge in [0.1, 0.15) is 5.78 Å². The monoisotopic (exact) mass is 487 g/mol. The van der Waals surface area contributed by atoms with Crippen molar-refractivity contribution in [3.63, 3.8) is 0 Å². The molecule has 3 rings (SSSR count). The van der Waals surface area contributed by atoms with Crippen LogP contribution in [0.15, 0.2) is 29.2 Å². The van der Waals surface area contributed by atoms with Crippen molar-refractivity contribution in [1.29, 1.82) is 0 Å². The number of sulfone groups is 1. The Morgan fingerprint density at radius 2 is 1.76 bits per heavy atom. The molecule has 0 atom stereocenters.